The second kappa shape index (κ2) is 5.92. The van der Waals surface area contributed by atoms with Crippen molar-refractivity contribution >= 4 is 11.9 Å². The van der Waals surface area contributed by atoms with Crippen LogP contribution in [0.25, 0.3) is 0 Å². The van der Waals surface area contributed by atoms with Crippen molar-refractivity contribution in [3.8, 4) is 0 Å². The molecule has 0 fully saturated rings. The fraction of sp³-hybridized carbons (Fsp3) is 0.143. The largest absolute Gasteiger partial charge is 0.477 e. The number of aromatic nitrogens is 2. The minimum absolute atomic E-state index is 0.164. The number of carbonyl (C=O) groups excluding carboxylic acids is 1. The number of carboxylic acids is 1. The third kappa shape index (κ3) is 3.17. The van der Waals surface area contributed by atoms with E-state index in [4.69, 9.17) is 5.11 Å². The van der Waals surface area contributed by atoms with E-state index >= 15 is 0 Å². The lowest BCUT2D eigenvalue weighted by atomic mass is 10.1. The van der Waals surface area contributed by atoms with Gasteiger partial charge in [-0.25, -0.2) is 9.78 Å². The molecule has 2 aromatic heterocycles. The number of rotatable bonds is 4. The zero-order valence-electron chi connectivity index (χ0n) is 10.8. The van der Waals surface area contributed by atoms with Crippen LogP contribution in [0.1, 0.15) is 39.5 Å². The highest BCUT2D eigenvalue weighted by atomic mass is 16.4. The molecule has 1 atom stereocenters. The molecule has 0 spiro atoms. The molecule has 2 heterocycles. The summed E-state index contributed by atoms with van der Waals surface area (Å²) in [5.41, 5.74) is 0.816. The summed E-state index contributed by atoms with van der Waals surface area (Å²) in [6.45, 7) is 1.81. The Kier molecular flexibility index (Phi) is 4.05. The molecule has 102 valence electrons. The number of nitrogens with zero attached hydrogens (tertiary/aromatic N) is 2. The monoisotopic (exact) mass is 271 g/mol. The molecule has 0 saturated carbocycles. The fourth-order valence-electron chi connectivity index (χ4n) is 1.67. The van der Waals surface area contributed by atoms with Crippen LogP contribution in [-0.4, -0.2) is 27.0 Å². The molecule has 2 N–H and O–H groups in total. The van der Waals surface area contributed by atoms with E-state index in [-0.39, 0.29) is 23.2 Å². The molecule has 0 radical (unpaired) electrons. The molecular formula is C14H13N3O3. The van der Waals surface area contributed by atoms with E-state index in [1.165, 1.54) is 18.3 Å². The summed E-state index contributed by atoms with van der Waals surface area (Å²) in [6.07, 6.45) is 2.94. The Hall–Kier alpha value is -2.76. The lowest BCUT2D eigenvalue weighted by Crippen LogP contribution is -2.27. The standard InChI is InChI=1S/C14H13N3O3/c1-9(11-4-2-3-6-15-11)17-13(18)10-5-7-16-12(8-10)14(19)20/h2-9H,1H3,(H,17,18)(H,19,20). The summed E-state index contributed by atoms with van der Waals surface area (Å²) in [4.78, 5) is 30.7. The van der Waals surface area contributed by atoms with Gasteiger partial charge in [0.2, 0.25) is 0 Å². The Bertz CT molecular complexity index is 629. The van der Waals surface area contributed by atoms with Crippen LogP contribution < -0.4 is 5.32 Å². The SMILES string of the molecule is CC(NC(=O)c1ccnc(C(=O)O)c1)c1ccccn1. The van der Waals surface area contributed by atoms with E-state index in [1.54, 1.807) is 25.3 Å². The molecule has 2 rings (SSSR count). The van der Waals surface area contributed by atoms with Gasteiger partial charge in [-0.2, -0.15) is 0 Å². The second-order valence-corrected chi connectivity index (χ2v) is 4.18. The van der Waals surface area contributed by atoms with Crippen molar-refractivity contribution < 1.29 is 14.7 Å². The highest BCUT2D eigenvalue weighted by Gasteiger charge is 2.14. The normalized spacial score (nSPS) is 11.7. The lowest BCUT2D eigenvalue weighted by Gasteiger charge is -2.13. The Morgan fingerprint density at radius 1 is 1.20 bits per heavy atom. The number of pyridine rings is 2. The third-order valence-corrected chi connectivity index (χ3v) is 2.72. The van der Waals surface area contributed by atoms with E-state index < -0.39 is 5.97 Å². The number of hydrogen-bond acceptors (Lipinski definition) is 4. The van der Waals surface area contributed by atoms with Crippen LogP contribution in [0, 0.1) is 0 Å². The quantitative estimate of drug-likeness (QED) is 0.882. The summed E-state index contributed by atoms with van der Waals surface area (Å²) in [5, 5.41) is 11.6. The Morgan fingerprint density at radius 2 is 2.00 bits per heavy atom. The highest BCUT2D eigenvalue weighted by molar-refractivity contribution is 5.96. The Balaban J connectivity index is 2.12. The molecule has 20 heavy (non-hydrogen) atoms. The van der Waals surface area contributed by atoms with Gasteiger partial charge < -0.3 is 10.4 Å². The van der Waals surface area contributed by atoms with Gasteiger partial charge in [-0.15, -0.1) is 0 Å². The maximum Gasteiger partial charge on any atom is 0.354 e. The first kappa shape index (κ1) is 13.7. The molecule has 6 nitrogen and oxygen atoms in total. The van der Waals surface area contributed by atoms with Crippen molar-refractivity contribution in [1.82, 2.24) is 15.3 Å². The van der Waals surface area contributed by atoms with Crippen molar-refractivity contribution in [3.05, 3.63) is 59.7 Å². The molecule has 0 saturated heterocycles. The maximum atomic E-state index is 12.0. The van der Waals surface area contributed by atoms with Crippen molar-refractivity contribution in [2.45, 2.75) is 13.0 Å². The molecule has 6 heteroatoms. The summed E-state index contributed by atoms with van der Waals surface area (Å²) in [7, 11) is 0. The Morgan fingerprint density at radius 3 is 2.65 bits per heavy atom. The average Bonchev–Trinajstić information content (AvgIpc) is 2.48. The summed E-state index contributed by atoms with van der Waals surface area (Å²) in [5.74, 6) is -1.54. The first-order valence-electron chi connectivity index (χ1n) is 5.99. The molecule has 1 unspecified atom stereocenters. The van der Waals surface area contributed by atoms with Gasteiger partial charge in [-0.3, -0.25) is 9.78 Å². The van der Waals surface area contributed by atoms with Crippen LogP contribution in [0.5, 0.6) is 0 Å². The number of carbonyl (C=O) groups is 2. The van der Waals surface area contributed by atoms with Crippen molar-refractivity contribution in [1.29, 1.82) is 0 Å². The zero-order valence-corrected chi connectivity index (χ0v) is 10.8. The first-order chi connectivity index (χ1) is 9.58. The summed E-state index contributed by atoms with van der Waals surface area (Å²) < 4.78 is 0. The van der Waals surface area contributed by atoms with Crippen molar-refractivity contribution in [2.75, 3.05) is 0 Å². The minimum Gasteiger partial charge on any atom is -0.477 e. The van der Waals surface area contributed by atoms with Crippen molar-refractivity contribution in [2.24, 2.45) is 0 Å². The van der Waals surface area contributed by atoms with E-state index in [0.29, 0.717) is 0 Å². The molecule has 0 aliphatic carbocycles. The molecule has 0 aliphatic rings. The number of aromatic carboxylic acids is 1. The minimum atomic E-state index is -1.17. The smallest absolute Gasteiger partial charge is 0.354 e. The summed E-state index contributed by atoms with van der Waals surface area (Å²) >= 11 is 0. The third-order valence-electron chi connectivity index (χ3n) is 2.72. The van der Waals surface area contributed by atoms with Gasteiger partial charge in [0.15, 0.2) is 0 Å². The topological polar surface area (TPSA) is 92.2 Å². The number of amides is 1. The lowest BCUT2D eigenvalue weighted by molar-refractivity contribution is 0.0690. The van der Waals surface area contributed by atoms with Crippen LogP contribution >= 0.6 is 0 Å². The van der Waals surface area contributed by atoms with Crippen LogP contribution in [0.4, 0.5) is 0 Å². The van der Waals surface area contributed by atoms with E-state index in [1.807, 2.05) is 6.07 Å². The number of carboxylic acid groups (broad SMARTS) is 1. The average molecular weight is 271 g/mol. The maximum absolute atomic E-state index is 12.0. The molecule has 0 aliphatic heterocycles. The summed E-state index contributed by atoms with van der Waals surface area (Å²) in [6, 6.07) is 7.86. The molecule has 1 amide bonds. The van der Waals surface area contributed by atoms with Gasteiger partial charge in [-0.1, -0.05) is 6.07 Å². The van der Waals surface area contributed by atoms with Crippen molar-refractivity contribution in [3.63, 3.8) is 0 Å². The first-order valence-corrected chi connectivity index (χ1v) is 5.99. The molecular weight excluding hydrogens is 258 g/mol. The van der Waals surface area contributed by atoms with E-state index in [0.717, 1.165) is 5.69 Å². The van der Waals surface area contributed by atoms with Gasteiger partial charge in [0.05, 0.1) is 11.7 Å². The van der Waals surface area contributed by atoms with Crippen LogP contribution in [0.15, 0.2) is 42.7 Å². The Labute approximate surface area is 115 Å². The van der Waals surface area contributed by atoms with Gasteiger partial charge in [0.25, 0.3) is 5.91 Å². The van der Waals surface area contributed by atoms with E-state index in [2.05, 4.69) is 15.3 Å². The predicted molar refractivity (Wildman–Crippen MR) is 71.3 cm³/mol. The molecule has 2 aromatic rings. The number of hydrogen-bond donors (Lipinski definition) is 2. The second-order valence-electron chi connectivity index (χ2n) is 4.18. The molecule has 0 aromatic carbocycles. The molecule has 0 bridgehead atoms. The van der Waals surface area contributed by atoms with E-state index in [9.17, 15) is 9.59 Å². The highest BCUT2D eigenvalue weighted by Crippen LogP contribution is 2.10. The van der Waals surface area contributed by atoms with Gasteiger partial charge >= 0.3 is 5.97 Å². The van der Waals surface area contributed by atoms with Crippen LogP contribution in [-0.2, 0) is 0 Å². The zero-order chi connectivity index (χ0) is 14.5. The number of nitrogens with one attached hydrogen (secondary N) is 1. The fourth-order valence-corrected chi connectivity index (χ4v) is 1.67. The van der Waals surface area contributed by atoms with Gasteiger partial charge in [-0.05, 0) is 31.2 Å². The van der Waals surface area contributed by atoms with Crippen LogP contribution in [0.2, 0.25) is 0 Å². The van der Waals surface area contributed by atoms with Gasteiger partial charge in [0, 0.05) is 18.0 Å². The van der Waals surface area contributed by atoms with Gasteiger partial charge in [0.1, 0.15) is 5.69 Å². The predicted octanol–water partition coefficient (Wildman–Crippen LogP) is 1.67. The van der Waals surface area contributed by atoms with Crippen LogP contribution in [0.3, 0.4) is 0 Å².